The second-order valence-corrected chi connectivity index (χ2v) is 9.84. The SMILES string of the molecule is COC(=O)c1c(-c2cc(OC)c(OC)c(OC)c2)c2ccc(OCc3cccc(CO)c3)cc2c(=O)n1-c1ccc(N)cc1.Cl. The molecule has 0 unspecified atom stereocenters. The molecule has 0 radical (unpaired) electrons. The number of esters is 1. The van der Waals surface area contributed by atoms with E-state index in [0.29, 0.717) is 56.3 Å². The lowest BCUT2D eigenvalue weighted by atomic mass is 9.95. The Morgan fingerprint density at radius 3 is 2.09 bits per heavy atom. The fourth-order valence-corrected chi connectivity index (χ4v) is 5.13. The van der Waals surface area contributed by atoms with Crippen molar-refractivity contribution in [2.45, 2.75) is 13.2 Å². The standard InChI is InChI=1S/C34H32N2O8.ClH/c1-40-28-15-22(16-29(41-2)32(28)42-3)30-26-13-12-25(44-19-21-7-5-6-20(14-21)18-37)17-27(26)33(38)36(31(30)34(39)43-4)24-10-8-23(35)9-11-24;/h5-17,37H,18-19,35H2,1-4H3;1H. The molecule has 0 atom stereocenters. The molecule has 0 fully saturated rings. The molecule has 0 saturated heterocycles. The number of aliphatic hydroxyl groups excluding tert-OH is 1. The van der Waals surface area contributed by atoms with E-state index in [2.05, 4.69) is 0 Å². The van der Waals surface area contributed by atoms with E-state index in [1.165, 1.54) is 33.0 Å². The van der Waals surface area contributed by atoms with Gasteiger partial charge in [-0.2, -0.15) is 0 Å². The Hall–Kier alpha value is -5.19. The van der Waals surface area contributed by atoms with E-state index < -0.39 is 11.5 Å². The van der Waals surface area contributed by atoms with E-state index in [1.54, 1.807) is 54.6 Å². The number of nitrogens with zero attached hydrogens (tertiary/aromatic N) is 1. The lowest BCUT2D eigenvalue weighted by molar-refractivity contribution is 0.0591. The van der Waals surface area contributed by atoms with Gasteiger partial charge in [-0.25, -0.2) is 4.79 Å². The first-order valence-corrected chi connectivity index (χ1v) is 13.6. The Morgan fingerprint density at radius 1 is 0.822 bits per heavy atom. The van der Waals surface area contributed by atoms with Crippen molar-refractivity contribution < 1.29 is 33.6 Å². The van der Waals surface area contributed by atoms with Crippen LogP contribution in [0.4, 0.5) is 5.69 Å². The van der Waals surface area contributed by atoms with Gasteiger partial charge in [0.1, 0.15) is 18.1 Å². The van der Waals surface area contributed by atoms with Crippen molar-refractivity contribution in [3.63, 3.8) is 0 Å². The number of nitrogen functional groups attached to an aromatic ring is 1. The fraction of sp³-hybridized carbons (Fsp3) is 0.176. The van der Waals surface area contributed by atoms with Crippen LogP contribution in [-0.4, -0.2) is 44.1 Å². The van der Waals surface area contributed by atoms with Crippen LogP contribution >= 0.6 is 12.4 Å². The van der Waals surface area contributed by atoms with Gasteiger partial charge in [-0.3, -0.25) is 9.36 Å². The number of hydrogen-bond donors (Lipinski definition) is 2. The minimum absolute atomic E-state index is 0. The minimum Gasteiger partial charge on any atom is -0.493 e. The van der Waals surface area contributed by atoms with E-state index in [-0.39, 0.29) is 31.3 Å². The molecular weight excluding hydrogens is 600 g/mol. The topological polar surface area (TPSA) is 131 Å². The van der Waals surface area contributed by atoms with Crippen LogP contribution in [0, 0.1) is 0 Å². The van der Waals surface area contributed by atoms with E-state index >= 15 is 0 Å². The highest BCUT2D eigenvalue weighted by Crippen LogP contribution is 2.44. The average Bonchev–Trinajstić information content (AvgIpc) is 3.06. The van der Waals surface area contributed by atoms with Gasteiger partial charge in [0.25, 0.3) is 5.56 Å². The van der Waals surface area contributed by atoms with E-state index in [0.717, 1.165) is 11.1 Å². The monoisotopic (exact) mass is 632 g/mol. The Labute approximate surface area is 265 Å². The van der Waals surface area contributed by atoms with Crippen LogP contribution in [0.2, 0.25) is 0 Å². The Morgan fingerprint density at radius 2 is 1.49 bits per heavy atom. The van der Waals surface area contributed by atoms with Crippen molar-refractivity contribution in [2.24, 2.45) is 0 Å². The summed E-state index contributed by atoms with van der Waals surface area (Å²) in [7, 11) is 5.75. The van der Waals surface area contributed by atoms with Crippen molar-refractivity contribution in [1.29, 1.82) is 0 Å². The summed E-state index contributed by atoms with van der Waals surface area (Å²) in [6.07, 6.45) is 0. The molecule has 11 heteroatoms. The molecule has 0 amide bonds. The summed E-state index contributed by atoms with van der Waals surface area (Å²) < 4.78 is 29.3. The molecule has 0 saturated carbocycles. The minimum atomic E-state index is -0.728. The zero-order valence-corrected chi connectivity index (χ0v) is 26.0. The average molecular weight is 633 g/mol. The molecule has 234 valence electrons. The Balaban J connectivity index is 0.00000461. The number of aliphatic hydroxyl groups is 1. The highest BCUT2D eigenvalue weighted by atomic mass is 35.5. The molecule has 5 aromatic rings. The Bertz CT molecular complexity index is 1880. The number of carbonyl (C=O) groups excluding carboxylic acids is 1. The van der Waals surface area contributed by atoms with Gasteiger partial charge < -0.3 is 34.5 Å². The molecular formula is C34H33ClN2O8. The number of methoxy groups -OCH3 is 4. The van der Waals surface area contributed by atoms with Crippen LogP contribution < -0.4 is 30.2 Å². The maximum atomic E-state index is 14.3. The summed E-state index contributed by atoms with van der Waals surface area (Å²) in [5, 5.41) is 10.3. The number of ether oxygens (including phenoxy) is 5. The van der Waals surface area contributed by atoms with Crippen LogP contribution in [0.3, 0.4) is 0 Å². The third kappa shape index (κ3) is 6.38. The van der Waals surface area contributed by atoms with Gasteiger partial charge in [0.2, 0.25) is 5.75 Å². The van der Waals surface area contributed by atoms with Gasteiger partial charge in [0, 0.05) is 16.9 Å². The third-order valence-corrected chi connectivity index (χ3v) is 7.22. The molecule has 45 heavy (non-hydrogen) atoms. The predicted molar refractivity (Wildman–Crippen MR) is 174 cm³/mol. The number of nitrogens with two attached hydrogens (primary N) is 1. The number of rotatable bonds is 10. The molecule has 0 bridgehead atoms. The molecule has 10 nitrogen and oxygen atoms in total. The molecule has 0 aliphatic rings. The van der Waals surface area contributed by atoms with Crippen LogP contribution in [0.1, 0.15) is 21.6 Å². The van der Waals surface area contributed by atoms with Gasteiger partial charge in [-0.15, -0.1) is 12.4 Å². The third-order valence-electron chi connectivity index (χ3n) is 7.22. The number of aromatic nitrogens is 1. The van der Waals surface area contributed by atoms with Crippen molar-refractivity contribution in [2.75, 3.05) is 34.2 Å². The van der Waals surface area contributed by atoms with E-state index in [4.69, 9.17) is 29.4 Å². The first kappa shape index (κ1) is 32.7. The molecule has 5 rings (SSSR count). The van der Waals surface area contributed by atoms with Crippen LogP contribution in [0.5, 0.6) is 23.0 Å². The lowest BCUT2D eigenvalue weighted by Crippen LogP contribution is -2.27. The summed E-state index contributed by atoms with van der Waals surface area (Å²) in [6, 6.07) is 22.5. The number of pyridine rings is 1. The normalized spacial score (nSPS) is 10.6. The fourth-order valence-electron chi connectivity index (χ4n) is 5.13. The molecule has 4 aromatic carbocycles. The zero-order valence-electron chi connectivity index (χ0n) is 25.2. The summed E-state index contributed by atoms with van der Waals surface area (Å²) in [5.74, 6) is 0.806. The van der Waals surface area contributed by atoms with Gasteiger partial charge in [-0.1, -0.05) is 24.3 Å². The molecule has 0 spiro atoms. The smallest absolute Gasteiger partial charge is 0.355 e. The van der Waals surface area contributed by atoms with Crippen molar-refractivity contribution in [3.05, 3.63) is 106 Å². The van der Waals surface area contributed by atoms with Gasteiger partial charge in [-0.05, 0) is 76.7 Å². The number of benzene rings is 4. The molecule has 0 aliphatic heterocycles. The summed E-state index contributed by atoms with van der Waals surface area (Å²) >= 11 is 0. The summed E-state index contributed by atoms with van der Waals surface area (Å²) in [5.41, 5.74) is 8.92. The lowest BCUT2D eigenvalue weighted by Gasteiger charge is -2.21. The second kappa shape index (κ2) is 14.1. The van der Waals surface area contributed by atoms with E-state index in [9.17, 15) is 14.7 Å². The number of anilines is 1. The number of halogens is 1. The number of fused-ring (bicyclic) bond motifs is 1. The number of hydrogen-bond acceptors (Lipinski definition) is 9. The summed E-state index contributed by atoms with van der Waals surface area (Å²) in [4.78, 5) is 27.8. The molecule has 3 N–H and O–H groups in total. The van der Waals surface area contributed by atoms with Crippen LogP contribution in [-0.2, 0) is 18.0 Å². The maximum absolute atomic E-state index is 14.3. The predicted octanol–water partition coefficient (Wildman–Crippen LogP) is 5.55. The molecule has 1 aromatic heterocycles. The highest BCUT2D eigenvalue weighted by Gasteiger charge is 2.27. The Kier molecular flexibility index (Phi) is 10.2. The number of carbonyl (C=O) groups is 1. The highest BCUT2D eigenvalue weighted by molar-refractivity contribution is 6.08. The van der Waals surface area contributed by atoms with Gasteiger partial charge >= 0.3 is 5.97 Å². The second-order valence-electron chi connectivity index (χ2n) is 9.84. The largest absolute Gasteiger partial charge is 0.493 e. The van der Waals surface area contributed by atoms with Gasteiger partial charge in [0.05, 0.1) is 40.4 Å². The zero-order chi connectivity index (χ0) is 31.4. The van der Waals surface area contributed by atoms with E-state index in [1.807, 2.05) is 24.3 Å². The van der Waals surface area contributed by atoms with Crippen LogP contribution in [0.25, 0.3) is 27.6 Å². The molecule has 1 heterocycles. The van der Waals surface area contributed by atoms with Crippen molar-refractivity contribution >= 4 is 34.8 Å². The van der Waals surface area contributed by atoms with Gasteiger partial charge in [0.15, 0.2) is 11.5 Å². The van der Waals surface area contributed by atoms with Crippen LogP contribution in [0.15, 0.2) is 83.7 Å². The van der Waals surface area contributed by atoms with Crippen molar-refractivity contribution in [3.8, 4) is 39.8 Å². The maximum Gasteiger partial charge on any atom is 0.355 e. The molecule has 0 aliphatic carbocycles. The van der Waals surface area contributed by atoms with Crippen molar-refractivity contribution in [1.82, 2.24) is 4.57 Å². The summed E-state index contributed by atoms with van der Waals surface area (Å²) in [6.45, 7) is 0.131. The quantitative estimate of drug-likeness (QED) is 0.150. The first-order chi connectivity index (χ1) is 21.3. The first-order valence-electron chi connectivity index (χ1n) is 13.6.